The molecule has 0 bridgehead atoms. The van der Waals surface area contributed by atoms with E-state index in [-0.39, 0.29) is 28.8 Å². The standard InChI is InChI=1S/C15H20N2O5S/c1-6-21-12(19)10(7-9(2)18)11-8-23-13(16-11)17-14(20)22-15(3,4)5/h7-8H,6H2,1-5H3,(H,16,17,20)/b10-7+. The van der Waals surface area contributed by atoms with Gasteiger partial charge in [-0.1, -0.05) is 0 Å². The molecule has 0 unspecified atom stereocenters. The molecule has 0 radical (unpaired) electrons. The van der Waals surface area contributed by atoms with E-state index in [0.29, 0.717) is 0 Å². The van der Waals surface area contributed by atoms with Crippen LogP contribution in [0.4, 0.5) is 9.93 Å². The maximum atomic E-state index is 11.9. The summed E-state index contributed by atoms with van der Waals surface area (Å²) in [6, 6.07) is 0. The molecule has 1 aromatic rings. The van der Waals surface area contributed by atoms with Gasteiger partial charge in [0.15, 0.2) is 10.9 Å². The van der Waals surface area contributed by atoms with Gasteiger partial charge >= 0.3 is 12.1 Å². The number of thiazole rings is 1. The summed E-state index contributed by atoms with van der Waals surface area (Å²) in [4.78, 5) is 39.0. The Hall–Kier alpha value is -2.22. The average molecular weight is 340 g/mol. The van der Waals surface area contributed by atoms with E-state index in [0.717, 1.165) is 17.4 Å². The third kappa shape index (κ3) is 6.60. The number of allylic oxidation sites excluding steroid dienone is 1. The van der Waals surface area contributed by atoms with Gasteiger partial charge in [-0.15, -0.1) is 11.3 Å². The Kier molecular flexibility index (Phi) is 6.44. The SMILES string of the molecule is CCOC(=O)/C(=C/C(C)=O)c1csc(NC(=O)OC(C)(C)C)n1. The lowest BCUT2D eigenvalue weighted by Gasteiger charge is -2.18. The molecule has 0 saturated carbocycles. The van der Waals surface area contributed by atoms with Crippen LogP contribution in [0, 0.1) is 0 Å². The topological polar surface area (TPSA) is 94.6 Å². The Bertz CT molecular complexity index is 628. The minimum Gasteiger partial charge on any atom is -0.462 e. The molecule has 0 aliphatic rings. The lowest BCUT2D eigenvalue weighted by molar-refractivity contribution is -0.136. The zero-order valence-corrected chi connectivity index (χ0v) is 14.6. The summed E-state index contributed by atoms with van der Waals surface area (Å²) in [5.41, 5.74) is -0.322. The first kappa shape index (κ1) is 18.8. The molecular formula is C15H20N2O5S. The third-order valence-electron chi connectivity index (χ3n) is 2.23. The van der Waals surface area contributed by atoms with Crippen LogP contribution >= 0.6 is 11.3 Å². The molecule has 0 spiro atoms. The quantitative estimate of drug-likeness (QED) is 0.654. The molecule has 0 fully saturated rings. The largest absolute Gasteiger partial charge is 0.462 e. The summed E-state index contributed by atoms with van der Waals surface area (Å²) in [5.74, 6) is -0.945. The maximum absolute atomic E-state index is 11.9. The first-order valence-electron chi connectivity index (χ1n) is 6.97. The fourth-order valence-electron chi connectivity index (χ4n) is 1.50. The molecule has 126 valence electrons. The lowest BCUT2D eigenvalue weighted by Crippen LogP contribution is -2.27. The molecule has 0 saturated heterocycles. The second kappa shape index (κ2) is 7.87. The zero-order chi connectivity index (χ0) is 17.6. The average Bonchev–Trinajstić information content (AvgIpc) is 2.81. The highest BCUT2D eigenvalue weighted by atomic mass is 32.1. The highest BCUT2D eigenvalue weighted by molar-refractivity contribution is 7.14. The van der Waals surface area contributed by atoms with Crippen LogP contribution in [0.15, 0.2) is 11.5 Å². The van der Waals surface area contributed by atoms with Crippen molar-refractivity contribution in [3.8, 4) is 0 Å². The van der Waals surface area contributed by atoms with Gasteiger partial charge in [0.1, 0.15) is 5.60 Å². The summed E-state index contributed by atoms with van der Waals surface area (Å²) >= 11 is 1.11. The van der Waals surface area contributed by atoms with Crippen molar-refractivity contribution in [1.82, 2.24) is 4.98 Å². The van der Waals surface area contributed by atoms with Crippen molar-refractivity contribution in [3.63, 3.8) is 0 Å². The van der Waals surface area contributed by atoms with Crippen molar-refractivity contribution in [1.29, 1.82) is 0 Å². The van der Waals surface area contributed by atoms with E-state index in [4.69, 9.17) is 9.47 Å². The molecule has 1 heterocycles. The lowest BCUT2D eigenvalue weighted by atomic mass is 10.1. The van der Waals surface area contributed by atoms with Gasteiger partial charge < -0.3 is 9.47 Å². The van der Waals surface area contributed by atoms with Gasteiger partial charge in [0.05, 0.1) is 17.9 Å². The van der Waals surface area contributed by atoms with Crippen molar-refractivity contribution >= 4 is 39.9 Å². The minimum absolute atomic E-state index is 0.0489. The number of nitrogens with zero attached hydrogens (tertiary/aromatic N) is 1. The number of ketones is 1. The number of carbonyl (C=O) groups excluding carboxylic acids is 3. The van der Waals surface area contributed by atoms with E-state index in [1.165, 1.54) is 6.92 Å². The molecule has 7 nitrogen and oxygen atoms in total. The number of anilines is 1. The summed E-state index contributed by atoms with van der Waals surface area (Å²) in [5, 5.41) is 4.29. The van der Waals surface area contributed by atoms with Gasteiger partial charge in [0.2, 0.25) is 0 Å². The van der Waals surface area contributed by atoms with Crippen LogP contribution in [0.5, 0.6) is 0 Å². The van der Waals surface area contributed by atoms with E-state index in [1.54, 1.807) is 33.1 Å². The second-order valence-electron chi connectivity index (χ2n) is 5.55. The maximum Gasteiger partial charge on any atom is 0.413 e. The van der Waals surface area contributed by atoms with Gasteiger partial charge in [-0.25, -0.2) is 14.6 Å². The molecule has 8 heteroatoms. The number of hydrogen-bond donors (Lipinski definition) is 1. The Morgan fingerprint density at radius 3 is 2.52 bits per heavy atom. The van der Waals surface area contributed by atoms with E-state index in [2.05, 4.69) is 10.3 Å². The first-order chi connectivity index (χ1) is 10.6. The zero-order valence-electron chi connectivity index (χ0n) is 13.8. The summed E-state index contributed by atoms with van der Waals surface area (Å²) in [6.07, 6.45) is 0.510. The van der Waals surface area contributed by atoms with Crippen LogP contribution in [-0.4, -0.2) is 35.0 Å². The first-order valence-corrected chi connectivity index (χ1v) is 7.85. The molecule has 1 rings (SSSR count). The molecule has 0 atom stereocenters. The van der Waals surface area contributed by atoms with Crippen LogP contribution in [0.2, 0.25) is 0 Å². The number of nitrogens with one attached hydrogen (secondary N) is 1. The van der Waals surface area contributed by atoms with Crippen molar-refractivity contribution in [2.45, 2.75) is 40.2 Å². The Balaban J connectivity index is 2.93. The number of carbonyl (C=O) groups is 3. The Morgan fingerprint density at radius 2 is 2.00 bits per heavy atom. The fourth-order valence-corrected chi connectivity index (χ4v) is 2.19. The highest BCUT2D eigenvalue weighted by Crippen LogP contribution is 2.23. The molecule has 1 amide bonds. The minimum atomic E-state index is -0.647. The fraction of sp³-hybridized carbons (Fsp3) is 0.467. The Morgan fingerprint density at radius 1 is 1.35 bits per heavy atom. The number of rotatable bonds is 5. The van der Waals surface area contributed by atoms with E-state index < -0.39 is 17.7 Å². The van der Waals surface area contributed by atoms with E-state index in [9.17, 15) is 14.4 Å². The van der Waals surface area contributed by atoms with Crippen LogP contribution in [-0.2, 0) is 19.1 Å². The molecule has 1 aromatic heterocycles. The smallest absolute Gasteiger partial charge is 0.413 e. The van der Waals surface area contributed by atoms with E-state index >= 15 is 0 Å². The van der Waals surface area contributed by atoms with Gasteiger partial charge in [-0.05, 0) is 40.7 Å². The molecule has 0 aromatic carbocycles. The van der Waals surface area contributed by atoms with Crippen molar-refractivity contribution in [2.24, 2.45) is 0 Å². The third-order valence-corrected chi connectivity index (χ3v) is 2.99. The number of ether oxygens (including phenoxy) is 2. The van der Waals surface area contributed by atoms with Crippen molar-refractivity contribution in [2.75, 3.05) is 11.9 Å². The Labute approximate surface area is 138 Å². The van der Waals surface area contributed by atoms with Crippen LogP contribution < -0.4 is 5.32 Å². The van der Waals surface area contributed by atoms with Gasteiger partial charge in [0, 0.05) is 5.38 Å². The van der Waals surface area contributed by atoms with Crippen LogP contribution in [0.25, 0.3) is 5.57 Å². The number of amides is 1. The predicted molar refractivity (Wildman–Crippen MR) is 87.3 cm³/mol. The van der Waals surface area contributed by atoms with Crippen LogP contribution in [0.3, 0.4) is 0 Å². The number of hydrogen-bond acceptors (Lipinski definition) is 7. The summed E-state index contributed by atoms with van der Waals surface area (Å²) in [6.45, 7) is 8.41. The highest BCUT2D eigenvalue weighted by Gasteiger charge is 2.20. The molecule has 0 aliphatic carbocycles. The number of aromatic nitrogens is 1. The van der Waals surface area contributed by atoms with Crippen molar-refractivity contribution in [3.05, 3.63) is 17.2 Å². The second-order valence-corrected chi connectivity index (χ2v) is 6.41. The van der Waals surface area contributed by atoms with Gasteiger partial charge in [-0.3, -0.25) is 10.1 Å². The summed E-state index contributed by atoms with van der Waals surface area (Å²) in [7, 11) is 0. The molecule has 0 aliphatic heterocycles. The predicted octanol–water partition coefficient (Wildman–Crippen LogP) is 3.03. The number of esters is 1. The van der Waals surface area contributed by atoms with Crippen molar-refractivity contribution < 1.29 is 23.9 Å². The summed E-state index contributed by atoms with van der Waals surface area (Å²) < 4.78 is 10.0. The molecule has 1 N–H and O–H groups in total. The molecule has 23 heavy (non-hydrogen) atoms. The van der Waals surface area contributed by atoms with Gasteiger partial charge in [0.25, 0.3) is 0 Å². The van der Waals surface area contributed by atoms with Crippen LogP contribution in [0.1, 0.15) is 40.3 Å². The molecular weight excluding hydrogens is 320 g/mol. The van der Waals surface area contributed by atoms with E-state index in [1.807, 2.05) is 0 Å². The monoisotopic (exact) mass is 340 g/mol. The van der Waals surface area contributed by atoms with Gasteiger partial charge in [-0.2, -0.15) is 0 Å². The normalized spacial score (nSPS) is 11.8.